The van der Waals surface area contributed by atoms with Gasteiger partial charge in [0, 0.05) is 25.7 Å². The van der Waals surface area contributed by atoms with E-state index in [-0.39, 0.29) is 6.61 Å². The first-order chi connectivity index (χ1) is 8.08. The molecule has 0 atom stereocenters. The van der Waals surface area contributed by atoms with Crippen molar-refractivity contribution in [3.8, 4) is 0 Å². The minimum Gasteiger partial charge on any atom is -0.395 e. The van der Waals surface area contributed by atoms with Crippen molar-refractivity contribution in [1.29, 1.82) is 0 Å². The molecule has 1 saturated carbocycles. The number of aliphatic hydroxyl groups is 1. The van der Waals surface area contributed by atoms with E-state index in [9.17, 15) is 0 Å². The fourth-order valence-electron chi connectivity index (χ4n) is 2.94. The topological polar surface area (TPSA) is 35.5 Å². The van der Waals surface area contributed by atoms with Crippen molar-refractivity contribution in [3.63, 3.8) is 0 Å². The lowest BCUT2D eigenvalue weighted by atomic mass is 9.73. The van der Waals surface area contributed by atoms with Crippen LogP contribution in [0.2, 0.25) is 0 Å². The molecule has 0 saturated heterocycles. The minimum absolute atomic E-state index is 0.268. The molecule has 3 heteroatoms. The molecule has 2 N–H and O–H groups in total. The van der Waals surface area contributed by atoms with Gasteiger partial charge < -0.3 is 15.3 Å². The Morgan fingerprint density at radius 1 is 1.24 bits per heavy atom. The van der Waals surface area contributed by atoms with Crippen LogP contribution in [0.1, 0.15) is 46.0 Å². The zero-order valence-electron chi connectivity index (χ0n) is 11.8. The number of aliphatic hydroxyl groups excluding tert-OH is 1. The Morgan fingerprint density at radius 2 is 1.88 bits per heavy atom. The second-order valence-electron chi connectivity index (χ2n) is 6.06. The summed E-state index contributed by atoms with van der Waals surface area (Å²) in [7, 11) is 2.13. The molecule has 1 fully saturated rings. The van der Waals surface area contributed by atoms with Gasteiger partial charge in [-0.3, -0.25) is 0 Å². The Balaban J connectivity index is 2.51. The second kappa shape index (κ2) is 7.34. The van der Waals surface area contributed by atoms with Crippen molar-refractivity contribution in [1.82, 2.24) is 10.2 Å². The summed E-state index contributed by atoms with van der Waals surface area (Å²) >= 11 is 0. The van der Waals surface area contributed by atoms with Crippen LogP contribution in [0.4, 0.5) is 0 Å². The Labute approximate surface area is 107 Å². The standard InChI is InChI=1S/C14H30N2O/c1-13(2)15-11-14(7-5-4-6-8-14)12-16(3)9-10-17/h13,15,17H,4-12H2,1-3H3. The zero-order chi connectivity index (χ0) is 12.7. The Hall–Kier alpha value is -0.120. The molecule has 1 rings (SSSR count). The number of rotatable bonds is 7. The zero-order valence-corrected chi connectivity index (χ0v) is 11.8. The third-order valence-corrected chi connectivity index (χ3v) is 3.89. The summed E-state index contributed by atoms with van der Waals surface area (Å²) in [5.74, 6) is 0. The van der Waals surface area contributed by atoms with Crippen LogP contribution in [-0.2, 0) is 0 Å². The predicted octanol–water partition coefficient (Wildman–Crippen LogP) is 1.86. The lowest BCUT2D eigenvalue weighted by Crippen LogP contribution is -2.46. The number of hydrogen-bond donors (Lipinski definition) is 2. The van der Waals surface area contributed by atoms with E-state index in [4.69, 9.17) is 5.11 Å². The van der Waals surface area contributed by atoms with Crippen LogP contribution in [0.25, 0.3) is 0 Å². The number of hydrogen-bond acceptors (Lipinski definition) is 3. The molecular formula is C14H30N2O. The first kappa shape index (κ1) is 14.9. The fraction of sp³-hybridized carbons (Fsp3) is 1.00. The molecular weight excluding hydrogens is 212 g/mol. The molecule has 0 aliphatic heterocycles. The molecule has 1 aliphatic rings. The molecule has 0 aromatic carbocycles. The highest BCUT2D eigenvalue weighted by atomic mass is 16.3. The summed E-state index contributed by atoms with van der Waals surface area (Å²) in [6.45, 7) is 7.74. The predicted molar refractivity (Wildman–Crippen MR) is 73.2 cm³/mol. The Morgan fingerprint density at radius 3 is 2.41 bits per heavy atom. The van der Waals surface area contributed by atoms with E-state index >= 15 is 0 Å². The lowest BCUT2D eigenvalue weighted by Gasteiger charge is -2.41. The van der Waals surface area contributed by atoms with Crippen LogP contribution >= 0.6 is 0 Å². The summed E-state index contributed by atoms with van der Waals surface area (Å²) in [6, 6.07) is 0.567. The third kappa shape index (κ3) is 5.36. The summed E-state index contributed by atoms with van der Waals surface area (Å²) in [4.78, 5) is 2.29. The van der Waals surface area contributed by atoms with Crippen molar-refractivity contribution in [2.45, 2.75) is 52.0 Å². The fourth-order valence-corrected chi connectivity index (χ4v) is 2.94. The molecule has 0 radical (unpaired) electrons. The van der Waals surface area contributed by atoms with Gasteiger partial charge in [0.15, 0.2) is 0 Å². The second-order valence-corrected chi connectivity index (χ2v) is 6.06. The van der Waals surface area contributed by atoms with Crippen molar-refractivity contribution in [2.75, 3.05) is 33.3 Å². The van der Waals surface area contributed by atoms with Crippen molar-refractivity contribution < 1.29 is 5.11 Å². The number of nitrogens with zero attached hydrogens (tertiary/aromatic N) is 1. The summed E-state index contributed by atoms with van der Waals surface area (Å²) in [5, 5.41) is 12.6. The third-order valence-electron chi connectivity index (χ3n) is 3.89. The first-order valence-corrected chi connectivity index (χ1v) is 7.11. The first-order valence-electron chi connectivity index (χ1n) is 7.11. The Kier molecular flexibility index (Phi) is 6.45. The van der Waals surface area contributed by atoms with Crippen LogP contribution < -0.4 is 5.32 Å². The van der Waals surface area contributed by atoms with Gasteiger partial charge in [-0.15, -0.1) is 0 Å². The summed E-state index contributed by atoms with van der Waals surface area (Å²) < 4.78 is 0. The molecule has 0 aromatic heterocycles. The normalized spacial score (nSPS) is 20.1. The van der Waals surface area contributed by atoms with Crippen molar-refractivity contribution >= 4 is 0 Å². The van der Waals surface area contributed by atoms with Crippen LogP contribution in [-0.4, -0.2) is 49.3 Å². The van der Waals surface area contributed by atoms with Crippen LogP contribution in [0.15, 0.2) is 0 Å². The number of likely N-dealkylation sites (N-methyl/N-ethyl adjacent to an activating group) is 1. The largest absolute Gasteiger partial charge is 0.395 e. The monoisotopic (exact) mass is 242 g/mol. The van der Waals surface area contributed by atoms with Crippen molar-refractivity contribution in [3.05, 3.63) is 0 Å². The summed E-state index contributed by atoms with van der Waals surface area (Å²) in [6.07, 6.45) is 6.80. The average molecular weight is 242 g/mol. The van der Waals surface area contributed by atoms with Gasteiger partial charge in [-0.1, -0.05) is 33.1 Å². The highest BCUT2D eigenvalue weighted by molar-refractivity contribution is 4.87. The lowest BCUT2D eigenvalue weighted by molar-refractivity contribution is 0.103. The molecule has 0 aromatic rings. The van der Waals surface area contributed by atoms with E-state index in [0.717, 1.165) is 19.6 Å². The SMILES string of the molecule is CC(C)NCC1(CN(C)CCO)CCCCC1. The highest BCUT2D eigenvalue weighted by Crippen LogP contribution is 2.36. The van der Waals surface area contributed by atoms with E-state index in [0.29, 0.717) is 11.5 Å². The average Bonchev–Trinajstić information content (AvgIpc) is 2.28. The maximum absolute atomic E-state index is 9.01. The highest BCUT2D eigenvalue weighted by Gasteiger charge is 2.32. The molecule has 1 aliphatic carbocycles. The van der Waals surface area contributed by atoms with Gasteiger partial charge in [0.1, 0.15) is 0 Å². The van der Waals surface area contributed by atoms with Gasteiger partial charge >= 0.3 is 0 Å². The van der Waals surface area contributed by atoms with E-state index in [1.807, 2.05) is 0 Å². The molecule has 0 unspecified atom stereocenters. The molecule has 0 amide bonds. The molecule has 0 heterocycles. The van der Waals surface area contributed by atoms with Gasteiger partial charge in [-0.25, -0.2) is 0 Å². The maximum atomic E-state index is 9.01. The van der Waals surface area contributed by atoms with Crippen molar-refractivity contribution in [2.24, 2.45) is 5.41 Å². The van der Waals surface area contributed by atoms with E-state index < -0.39 is 0 Å². The van der Waals surface area contributed by atoms with E-state index in [1.165, 1.54) is 32.1 Å². The Bertz CT molecular complexity index is 200. The summed E-state index contributed by atoms with van der Waals surface area (Å²) in [5.41, 5.74) is 0.437. The van der Waals surface area contributed by atoms with E-state index in [2.05, 4.69) is 31.1 Å². The molecule has 17 heavy (non-hydrogen) atoms. The molecule has 0 bridgehead atoms. The van der Waals surface area contributed by atoms with Gasteiger partial charge in [-0.2, -0.15) is 0 Å². The minimum atomic E-state index is 0.268. The quantitative estimate of drug-likeness (QED) is 0.715. The van der Waals surface area contributed by atoms with Gasteiger partial charge in [0.05, 0.1) is 6.61 Å². The van der Waals surface area contributed by atoms with E-state index in [1.54, 1.807) is 0 Å². The smallest absolute Gasteiger partial charge is 0.0558 e. The maximum Gasteiger partial charge on any atom is 0.0558 e. The molecule has 0 spiro atoms. The van der Waals surface area contributed by atoms with Crippen LogP contribution in [0, 0.1) is 5.41 Å². The van der Waals surface area contributed by atoms with Crippen LogP contribution in [0.5, 0.6) is 0 Å². The number of nitrogens with one attached hydrogen (secondary N) is 1. The molecule has 3 nitrogen and oxygen atoms in total. The van der Waals surface area contributed by atoms with Gasteiger partial charge in [-0.05, 0) is 25.3 Å². The van der Waals surface area contributed by atoms with Crippen LogP contribution in [0.3, 0.4) is 0 Å². The van der Waals surface area contributed by atoms with Gasteiger partial charge in [0.25, 0.3) is 0 Å². The van der Waals surface area contributed by atoms with Gasteiger partial charge in [0.2, 0.25) is 0 Å². The molecule has 102 valence electrons.